The lowest BCUT2D eigenvalue weighted by atomic mass is 9.84. The summed E-state index contributed by atoms with van der Waals surface area (Å²) in [7, 11) is 5.41. The molecule has 74 valence electrons. The maximum Gasteiger partial charge on any atom is 0.139 e. The molecule has 1 aliphatic rings. The Hall–Kier alpha value is -0.0951. The van der Waals surface area contributed by atoms with Crippen LogP contribution >= 0.6 is 0 Å². The lowest BCUT2D eigenvalue weighted by molar-refractivity contribution is -0.0841. The van der Waals surface area contributed by atoms with Crippen LogP contribution in [0.25, 0.3) is 0 Å². The van der Waals surface area contributed by atoms with Crippen molar-refractivity contribution < 1.29 is 20.1 Å². The highest BCUT2D eigenvalue weighted by atomic mass is 16.5. The molecule has 1 aliphatic heterocycles. The van der Waals surface area contributed by atoms with Crippen molar-refractivity contribution in [3.05, 3.63) is 0 Å². The summed E-state index contributed by atoms with van der Waals surface area (Å²) in [4.78, 5) is 0. The van der Waals surface area contributed by atoms with E-state index in [1.54, 1.807) is 0 Å². The van der Waals surface area contributed by atoms with Gasteiger partial charge in [0.25, 0.3) is 0 Å². The van der Waals surface area contributed by atoms with Crippen LogP contribution in [-0.4, -0.2) is 54.2 Å². The summed E-state index contributed by atoms with van der Waals surface area (Å²) in [6.45, 7) is 1.29. The molecule has 1 heterocycles. The Morgan fingerprint density at radius 2 is 2.31 bits per heavy atom. The minimum absolute atomic E-state index is 0.0319. The van der Waals surface area contributed by atoms with Gasteiger partial charge in [-0.05, 0) is 5.92 Å². The number of aliphatic hydroxyl groups excluding tert-OH is 2. The molecular formula is C8H15BO4. The number of rotatable bonds is 3. The number of aliphatic hydroxyl groups is 3. The predicted molar refractivity (Wildman–Crippen MR) is 47.5 cm³/mol. The van der Waals surface area contributed by atoms with E-state index >= 15 is 0 Å². The molecule has 4 nitrogen and oxygen atoms in total. The fourth-order valence-electron chi connectivity index (χ4n) is 1.47. The van der Waals surface area contributed by atoms with Crippen LogP contribution in [-0.2, 0) is 4.74 Å². The van der Waals surface area contributed by atoms with Crippen molar-refractivity contribution >= 4 is 7.85 Å². The molecule has 2 radical (unpaired) electrons. The van der Waals surface area contributed by atoms with E-state index < -0.39 is 24.4 Å². The lowest BCUT2D eigenvalue weighted by Crippen LogP contribution is -2.48. The Morgan fingerprint density at radius 3 is 2.69 bits per heavy atom. The largest absolute Gasteiger partial charge is 0.393 e. The minimum Gasteiger partial charge on any atom is -0.393 e. The van der Waals surface area contributed by atoms with Gasteiger partial charge < -0.3 is 20.1 Å². The van der Waals surface area contributed by atoms with Crippen LogP contribution in [0.3, 0.4) is 0 Å². The zero-order chi connectivity index (χ0) is 10.1. The molecule has 0 saturated carbocycles. The second-order valence-electron chi connectivity index (χ2n) is 3.70. The van der Waals surface area contributed by atoms with Crippen molar-refractivity contribution in [3.63, 3.8) is 0 Å². The second kappa shape index (κ2) is 3.96. The Balaban J connectivity index is 2.64. The quantitative estimate of drug-likeness (QED) is 0.478. The van der Waals surface area contributed by atoms with E-state index in [4.69, 9.17) is 17.7 Å². The molecule has 1 saturated heterocycles. The molecule has 4 atom stereocenters. The zero-order valence-electron chi connectivity index (χ0n) is 7.68. The molecule has 13 heavy (non-hydrogen) atoms. The van der Waals surface area contributed by atoms with E-state index in [-0.39, 0.29) is 12.5 Å². The molecular weight excluding hydrogens is 171 g/mol. The van der Waals surface area contributed by atoms with Crippen LogP contribution in [0.1, 0.15) is 6.92 Å². The highest BCUT2D eigenvalue weighted by Gasteiger charge is 2.48. The van der Waals surface area contributed by atoms with E-state index in [0.29, 0.717) is 6.32 Å². The van der Waals surface area contributed by atoms with Gasteiger partial charge in [-0.3, -0.25) is 0 Å². The number of hydrogen-bond acceptors (Lipinski definition) is 4. The molecule has 1 rings (SSSR count). The zero-order valence-corrected chi connectivity index (χ0v) is 7.68. The standard InChI is InChI=1S/C8H15BO4/c1-5(2-9)6-7(11)8(12,3-10)4-13-6/h5-7,10-12H,2-4H2,1H3/t5?,6?,7-,8+/m1/s1. The second-order valence-corrected chi connectivity index (χ2v) is 3.70. The van der Waals surface area contributed by atoms with Gasteiger partial charge in [0.15, 0.2) is 0 Å². The maximum atomic E-state index is 9.62. The van der Waals surface area contributed by atoms with Gasteiger partial charge in [-0.1, -0.05) is 13.2 Å². The van der Waals surface area contributed by atoms with Crippen molar-refractivity contribution in [3.8, 4) is 0 Å². The molecule has 0 bridgehead atoms. The Labute approximate surface area is 78.9 Å². The summed E-state index contributed by atoms with van der Waals surface area (Å²) in [6, 6.07) is 0. The molecule has 0 spiro atoms. The molecule has 5 heteroatoms. The van der Waals surface area contributed by atoms with E-state index in [1.807, 2.05) is 6.92 Å². The van der Waals surface area contributed by atoms with Gasteiger partial charge in [-0.25, -0.2) is 0 Å². The summed E-state index contributed by atoms with van der Waals surface area (Å²) in [6.07, 6.45) is -1.17. The van der Waals surface area contributed by atoms with E-state index in [9.17, 15) is 10.2 Å². The lowest BCUT2D eigenvalue weighted by Gasteiger charge is -2.26. The summed E-state index contributed by atoms with van der Waals surface area (Å²) in [5, 5.41) is 28.1. The van der Waals surface area contributed by atoms with Gasteiger partial charge in [-0.2, -0.15) is 0 Å². The van der Waals surface area contributed by atoms with Crippen LogP contribution < -0.4 is 0 Å². The van der Waals surface area contributed by atoms with Gasteiger partial charge in [0, 0.05) is 0 Å². The van der Waals surface area contributed by atoms with Gasteiger partial charge in [-0.15, -0.1) is 0 Å². The van der Waals surface area contributed by atoms with Gasteiger partial charge in [0.2, 0.25) is 0 Å². The molecule has 2 unspecified atom stereocenters. The van der Waals surface area contributed by atoms with Crippen LogP contribution in [0, 0.1) is 5.92 Å². The first-order valence-electron chi connectivity index (χ1n) is 4.38. The SMILES string of the molecule is [B]CC(C)C1OC[C@@](O)(CO)[C@@H]1O. The highest BCUT2D eigenvalue weighted by Crippen LogP contribution is 2.29. The summed E-state index contributed by atoms with van der Waals surface area (Å²) in [5.74, 6) is -0.0319. The van der Waals surface area contributed by atoms with Crippen LogP contribution in [0.4, 0.5) is 0 Å². The average Bonchev–Trinajstić information content (AvgIpc) is 2.44. The average molecular weight is 186 g/mol. The third-order valence-corrected chi connectivity index (χ3v) is 2.59. The van der Waals surface area contributed by atoms with Crippen LogP contribution in [0.15, 0.2) is 0 Å². The first kappa shape index (κ1) is 11.0. The molecule has 0 aliphatic carbocycles. The van der Waals surface area contributed by atoms with E-state index in [1.165, 1.54) is 0 Å². The molecule has 0 aromatic carbocycles. The van der Waals surface area contributed by atoms with E-state index in [0.717, 1.165) is 0 Å². The topological polar surface area (TPSA) is 69.9 Å². The van der Waals surface area contributed by atoms with Gasteiger partial charge in [0.1, 0.15) is 11.7 Å². The van der Waals surface area contributed by atoms with Crippen molar-refractivity contribution in [1.29, 1.82) is 0 Å². The van der Waals surface area contributed by atoms with Crippen molar-refractivity contribution in [2.45, 2.75) is 31.1 Å². The van der Waals surface area contributed by atoms with Gasteiger partial charge >= 0.3 is 0 Å². The van der Waals surface area contributed by atoms with Gasteiger partial charge in [0.05, 0.1) is 27.2 Å². The number of hydrogen-bond donors (Lipinski definition) is 3. The third kappa shape index (κ3) is 1.88. The fourth-order valence-corrected chi connectivity index (χ4v) is 1.47. The summed E-state index contributed by atoms with van der Waals surface area (Å²) < 4.78 is 5.18. The number of ether oxygens (including phenoxy) is 1. The smallest absolute Gasteiger partial charge is 0.139 e. The Bertz CT molecular complexity index is 178. The predicted octanol–water partition coefficient (Wildman–Crippen LogP) is -1.31. The van der Waals surface area contributed by atoms with Crippen molar-refractivity contribution in [1.82, 2.24) is 0 Å². The fraction of sp³-hybridized carbons (Fsp3) is 1.00. The van der Waals surface area contributed by atoms with Crippen LogP contribution in [0.5, 0.6) is 0 Å². The molecule has 1 fully saturated rings. The first-order chi connectivity index (χ1) is 6.05. The van der Waals surface area contributed by atoms with E-state index in [2.05, 4.69) is 0 Å². The van der Waals surface area contributed by atoms with Crippen LogP contribution in [0.2, 0.25) is 6.32 Å². The van der Waals surface area contributed by atoms with Crippen molar-refractivity contribution in [2.24, 2.45) is 5.92 Å². The third-order valence-electron chi connectivity index (χ3n) is 2.59. The first-order valence-corrected chi connectivity index (χ1v) is 4.38. The maximum absolute atomic E-state index is 9.62. The minimum atomic E-state index is -1.52. The molecule has 3 N–H and O–H groups in total. The highest BCUT2D eigenvalue weighted by molar-refractivity contribution is 6.08. The summed E-state index contributed by atoms with van der Waals surface area (Å²) in [5.41, 5.74) is -1.52. The van der Waals surface area contributed by atoms with Crippen molar-refractivity contribution in [2.75, 3.05) is 13.2 Å². The normalized spacial score (nSPS) is 42.2. The molecule has 0 amide bonds. The molecule has 0 aromatic rings. The Morgan fingerprint density at radius 1 is 1.69 bits per heavy atom. The monoisotopic (exact) mass is 186 g/mol. The summed E-state index contributed by atoms with van der Waals surface area (Å²) >= 11 is 0. The Kier molecular flexibility index (Phi) is 3.35. The molecule has 0 aromatic heterocycles.